The molecule has 0 radical (unpaired) electrons. The van der Waals surface area contributed by atoms with Gasteiger partial charge in [-0.2, -0.15) is 9.49 Å². The molecule has 5 nitrogen and oxygen atoms in total. The van der Waals surface area contributed by atoms with E-state index in [1.165, 1.54) is 9.42 Å². The highest BCUT2D eigenvalue weighted by molar-refractivity contribution is 9.10. The van der Waals surface area contributed by atoms with Gasteiger partial charge in [-0.05, 0) is 22.4 Å². The minimum Gasteiger partial charge on any atom is -0.332 e. The minimum atomic E-state index is -0.844. The number of hydrogen-bond donors (Lipinski definition) is 0. The lowest BCUT2D eigenvalue weighted by molar-refractivity contribution is 0.0727. The third-order valence-electron chi connectivity index (χ3n) is 3.73. The summed E-state index contributed by atoms with van der Waals surface area (Å²) >= 11 is 4.11. The Morgan fingerprint density at radius 3 is 3.04 bits per heavy atom. The highest BCUT2D eigenvalue weighted by Crippen LogP contribution is 2.31. The van der Waals surface area contributed by atoms with E-state index in [1.54, 1.807) is 18.5 Å². The summed E-state index contributed by atoms with van der Waals surface area (Å²) < 4.78 is 29.3. The lowest BCUT2D eigenvalue weighted by atomic mass is 10.1. The second kappa shape index (κ2) is 5.34. The Morgan fingerprint density at radius 2 is 2.22 bits per heavy atom. The quantitative estimate of drug-likeness (QED) is 0.632. The number of carbonyl (C=O) groups is 1. The van der Waals surface area contributed by atoms with Crippen LogP contribution in [0.25, 0.3) is 5.65 Å². The second-order valence-electron chi connectivity index (χ2n) is 5.17. The summed E-state index contributed by atoms with van der Waals surface area (Å²) in [5.41, 5.74) is 1.05. The van der Waals surface area contributed by atoms with Crippen molar-refractivity contribution in [2.45, 2.75) is 13.0 Å². The number of thiophene rings is 1. The third kappa shape index (κ3) is 2.43. The Morgan fingerprint density at radius 1 is 1.39 bits per heavy atom. The molecule has 0 N–H and O–H groups in total. The van der Waals surface area contributed by atoms with Crippen LogP contribution in [0.5, 0.6) is 0 Å². The van der Waals surface area contributed by atoms with Crippen LogP contribution in [-0.2, 0) is 13.0 Å². The molecule has 0 saturated heterocycles. The van der Waals surface area contributed by atoms with Gasteiger partial charge in [0.2, 0.25) is 5.13 Å². The van der Waals surface area contributed by atoms with Crippen molar-refractivity contribution in [1.82, 2.24) is 19.5 Å². The van der Waals surface area contributed by atoms with Crippen LogP contribution >= 0.6 is 27.3 Å². The van der Waals surface area contributed by atoms with Crippen LogP contribution in [0.3, 0.4) is 0 Å². The molecule has 1 aliphatic heterocycles. The predicted molar refractivity (Wildman–Crippen MR) is 83.4 cm³/mol. The molecule has 1 aliphatic rings. The fraction of sp³-hybridized carbons (Fsp3) is 0.214. The van der Waals surface area contributed by atoms with Crippen LogP contribution < -0.4 is 0 Å². The maximum atomic E-state index is 13.8. The van der Waals surface area contributed by atoms with Crippen LogP contribution in [0.4, 0.5) is 8.78 Å². The Bertz CT molecular complexity index is 938. The van der Waals surface area contributed by atoms with Crippen molar-refractivity contribution in [3.63, 3.8) is 0 Å². The summed E-state index contributed by atoms with van der Waals surface area (Å²) in [6.07, 6.45) is 3.76. The Kier molecular flexibility index (Phi) is 3.42. The summed E-state index contributed by atoms with van der Waals surface area (Å²) in [6, 6.07) is 1.58. The number of rotatable bonds is 1. The molecule has 1 amide bonds. The van der Waals surface area contributed by atoms with E-state index in [1.807, 2.05) is 0 Å². The number of nitrogens with zero attached hydrogens (tertiary/aromatic N) is 4. The average molecular weight is 399 g/mol. The van der Waals surface area contributed by atoms with Crippen molar-refractivity contribution in [3.05, 3.63) is 50.0 Å². The average Bonchev–Trinajstić information content (AvgIpc) is 3.08. The molecule has 0 spiro atoms. The van der Waals surface area contributed by atoms with E-state index >= 15 is 0 Å². The normalized spacial score (nSPS) is 14.3. The molecular weight excluding hydrogens is 390 g/mol. The van der Waals surface area contributed by atoms with Crippen molar-refractivity contribution in [2.75, 3.05) is 6.54 Å². The SMILES string of the molecule is O=C(c1cc2ncc(Br)cn2n1)N1CCc2sc(F)c(F)c2C1. The highest BCUT2D eigenvalue weighted by Gasteiger charge is 2.29. The number of hydrogen-bond acceptors (Lipinski definition) is 4. The molecule has 23 heavy (non-hydrogen) atoms. The molecule has 118 valence electrons. The summed E-state index contributed by atoms with van der Waals surface area (Å²) in [6.45, 7) is 0.474. The van der Waals surface area contributed by atoms with Gasteiger partial charge in [0.1, 0.15) is 0 Å². The molecular formula is C14H9BrF2N4OS. The number of fused-ring (bicyclic) bond motifs is 2. The molecule has 4 heterocycles. The van der Waals surface area contributed by atoms with E-state index in [9.17, 15) is 13.6 Å². The van der Waals surface area contributed by atoms with Crippen molar-refractivity contribution < 1.29 is 13.6 Å². The first-order chi connectivity index (χ1) is 11.0. The molecule has 0 atom stereocenters. The fourth-order valence-electron chi connectivity index (χ4n) is 2.62. The van der Waals surface area contributed by atoms with Gasteiger partial charge in [0.05, 0.1) is 11.0 Å². The van der Waals surface area contributed by atoms with Gasteiger partial charge < -0.3 is 4.90 Å². The standard InChI is InChI=1S/C14H9BrF2N4OS/c15-7-4-18-11-3-9(19-21(11)5-7)14(22)20-2-1-10-8(6-20)12(16)13(17)23-10/h3-5H,1-2,6H2. The lowest BCUT2D eigenvalue weighted by Crippen LogP contribution is -2.36. The molecule has 4 rings (SSSR count). The van der Waals surface area contributed by atoms with E-state index < -0.39 is 10.9 Å². The predicted octanol–water partition coefficient (Wildman–Crippen LogP) is 3.03. The monoisotopic (exact) mass is 398 g/mol. The zero-order chi connectivity index (χ0) is 16.1. The lowest BCUT2D eigenvalue weighted by Gasteiger charge is -2.26. The van der Waals surface area contributed by atoms with Gasteiger partial charge in [0, 0.05) is 35.4 Å². The second-order valence-corrected chi connectivity index (χ2v) is 7.14. The smallest absolute Gasteiger partial charge is 0.274 e. The van der Waals surface area contributed by atoms with Gasteiger partial charge >= 0.3 is 0 Å². The topological polar surface area (TPSA) is 50.5 Å². The summed E-state index contributed by atoms with van der Waals surface area (Å²) in [7, 11) is 0. The molecule has 9 heteroatoms. The Labute approximate surface area is 141 Å². The zero-order valence-electron chi connectivity index (χ0n) is 11.6. The molecule has 0 saturated carbocycles. The molecule has 0 aliphatic carbocycles. The number of amides is 1. The largest absolute Gasteiger partial charge is 0.332 e. The van der Waals surface area contributed by atoms with Gasteiger partial charge in [0.25, 0.3) is 5.91 Å². The highest BCUT2D eigenvalue weighted by atomic mass is 79.9. The number of halogens is 3. The molecule has 3 aromatic rings. The fourth-order valence-corrected chi connectivity index (χ4v) is 3.81. The van der Waals surface area contributed by atoms with Crippen LogP contribution in [0.15, 0.2) is 22.9 Å². The summed E-state index contributed by atoms with van der Waals surface area (Å²) in [4.78, 5) is 18.9. The van der Waals surface area contributed by atoms with Gasteiger partial charge in [-0.25, -0.2) is 13.9 Å². The maximum absolute atomic E-state index is 13.8. The van der Waals surface area contributed by atoms with Gasteiger partial charge in [-0.15, -0.1) is 11.3 Å². The zero-order valence-corrected chi connectivity index (χ0v) is 14.0. The van der Waals surface area contributed by atoms with Gasteiger partial charge in [-0.1, -0.05) is 0 Å². The van der Waals surface area contributed by atoms with Crippen molar-refractivity contribution in [2.24, 2.45) is 0 Å². The van der Waals surface area contributed by atoms with Crippen LogP contribution in [0.1, 0.15) is 20.9 Å². The van der Waals surface area contributed by atoms with Gasteiger partial charge in [-0.3, -0.25) is 4.79 Å². The van der Waals surface area contributed by atoms with Crippen molar-refractivity contribution in [1.29, 1.82) is 0 Å². The maximum Gasteiger partial charge on any atom is 0.274 e. The molecule has 0 aromatic carbocycles. The van der Waals surface area contributed by atoms with Crippen LogP contribution in [-0.4, -0.2) is 31.9 Å². The first-order valence-electron chi connectivity index (χ1n) is 6.78. The molecule has 0 fully saturated rings. The van der Waals surface area contributed by atoms with Crippen LogP contribution in [0, 0.1) is 10.9 Å². The van der Waals surface area contributed by atoms with E-state index in [-0.39, 0.29) is 23.7 Å². The van der Waals surface area contributed by atoms with E-state index in [2.05, 4.69) is 26.0 Å². The van der Waals surface area contributed by atoms with Crippen molar-refractivity contribution >= 4 is 38.8 Å². The number of aromatic nitrogens is 3. The summed E-state index contributed by atoms with van der Waals surface area (Å²) in [5.74, 6) is -1.16. The minimum absolute atomic E-state index is 0.0609. The van der Waals surface area contributed by atoms with E-state index in [0.29, 0.717) is 23.5 Å². The number of carbonyl (C=O) groups excluding carboxylic acids is 1. The van der Waals surface area contributed by atoms with Crippen molar-refractivity contribution in [3.8, 4) is 0 Å². The molecule has 0 bridgehead atoms. The summed E-state index contributed by atoms with van der Waals surface area (Å²) in [5, 5.41) is 3.39. The van der Waals surface area contributed by atoms with Gasteiger partial charge in [0.15, 0.2) is 17.2 Å². The Hall–Kier alpha value is -1.87. The third-order valence-corrected chi connectivity index (χ3v) is 5.20. The first-order valence-corrected chi connectivity index (χ1v) is 8.39. The van der Waals surface area contributed by atoms with E-state index in [4.69, 9.17) is 0 Å². The van der Waals surface area contributed by atoms with E-state index in [0.717, 1.165) is 15.8 Å². The van der Waals surface area contributed by atoms with Crippen LogP contribution in [0.2, 0.25) is 0 Å². The molecule has 3 aromatic heterocycles. The molecule has 0 unspecified atom stereocenters. The Balaban J connectivity index is 1.65. The first kappa shape index (κ1) is 14.7.